The molecule has 108 valence electrons. The maximum Gasteiger partial charge on any atom is 0.241 e. The van der Waals surface area contributed by atoms with Gasteiger partial charge in [0.2, 0.25) is 5.91 Å². The maximum atomic E-state index is 12.7. The van der Waals surface area contributed by atoms with Gasteiger partial charge in [-0.05, 0) is 37.3 Å². The van der Waals surface area contributed by atoms with Crippen LogP contribution in [0, 0.1) is 6.92 Å². The molecule has 2 fully saturated rings. The molecule has 0 bridgehead atoms. The number of carbonyl (C=O) groups excluding carboxylic acids is 1. The van der Waals surface area contributed by atoms with Crippen molar-refractivity contribution in [3.8, 4) is 0 Å². The largest absolute Gasteiger partial charge is 0.319 e. The molecule has 3 rings (SSSR count). The molecule has 0 spiro atoms. The average molecular weight is 272 g/mol. The van der Waals surface area contributed by atoms with Crippen LogP contribution in [0.2, 0.25) is 0 Å². The zero-order valence-corrected chi connectivity index (χ0v) is 12.4. The Hall–Kier alpha value is -1.35. The number of benzene rings is 1. The summed E-state index contributed by atoms with van der Waals surface area (Å²) in [6.07, 6.45) is 5.76. The van der Waals surface area contributed by atoms with Crippen molar-refractivity contribution < 1.29 is 4.79 Å². The molecule has 0 aromatic heterocycles. The topological polar surface area (TPSA) is 32.3 Å². The smallest absolute Gasteiger partial charge is 0.241 e. The highest BCUT2D eigenvalue weighted by Gasteiger charge is 2.43. The van der Waals surface area contributed by atoms with Gasteiger partial charge in [0, 0.05) is 6.04 Å². The lowest BCUT2D eigenvalue weighted by Gasteiger charge is -2.31. The molecule has 2 atom stereocenters. The van der Waals surface area contributed by atoms with Gasteiger partial charge in [0.25, 0.3) is 0 Å². The van der Waals surface area contributed by atoms with E-state index in [0.717, 1.165) is 19.3 Å². The summed E-state index contributed by atoms with van der Waals surface area (Å²) >= 11 is 0. The number of carbonyl (C=O) groups is 1. The SMILES string of the molecule is CCC1NC(c2ccccc2C)N(C2CCCC2)C1=O. The number of aryl methyl sites for hydroxylation is 1. The Labute approximate surface area is 121 Å². The molecule has 1 aliphatic carbocycles. The van der Waals surface area contributed by atoms with Crippen LogP contribution in [-0.2, 0) is 4.79 Å². The van der Waals surface area contributed by atoms with Crippen molar-refractivity contribution in [3.05, 3.63) is 35.4 Å². The zero-order valence-electron chi connectivity index (χ0n) is 12.4. The van der Waals surface area contributed by atoms with Gasteiger partial charge in [-0.25, -0.2) is 0 Å². The third kappa shape index (κ3) is 2.24. The minimum Gasteiger partial charge on any atom is -0.319 e. The summed E-state index contributed by atoms with van der Waals surface area (Å²) in [5, 5.41) is 3.55. The van der Waals surface area contributed by atoms with Crippen LogP contribution in [0.15, 0.2) is 24.3 Å². The van der Waals surface area contributed by atoms with Crippen LogP contribution in [-0.4, -0.2) is 22.9 Å². The van der Waals surface area contributed by atoms with E-state index in [9.17, 15) is 4.79 Å². The van der Waals surface area contributed by atoms with E-state index in [1.165, 1.54) is 24.0 Å². The van der Waals surface area contributed by atoms with Gasteiger partial charge in [-0.1, -0.05) is 44.0 Å². The zero-order chi connectivity index (χ0) is 14.1. The lowest BCUT2D eigenvalue weighted by Crippen LogP contribution is -2.38. The molecule has 3 heteroatoms. The molecule has 20 heavy (non-hydrogen) atoms. The van der Waals surface area contributed by atoms with Gasteiger partial charge < -0.3 is 4.90 Å². The second-order valence-corrected chi connectivity index (χ2v) is 6.07. The summed E-state index contributed by atoms with van der Waals surface area (Å²) in [4.78, 5) is 14.8. The first-order chi connectivity index (χ1) is 9.72. The van der Waals surface area contributed by atoms with Gasteiger partial charge in [0.15, 0.2) is 0 Å². The number of nitrogens with one attached hydrogen (secondary N) is 1. The summed E-state index contributed by atoms with van der Waals surface area (Å²) in [7, 11) is 0. The number of amides is 1. The summed E-state index contributed by atoms with van der Waals surface area (Å²) in [5.41, 5.74) is 2.52. The summed E-state index contributed by atoms with van der Waals surface area (Å²) < 4.78 is 0. The quantitative estimate of drug-likeness (QED) is 0.916. The normalized spacial score (nSPS) is 27.5. The molecule has 1 saturated heterocycles. The van der Waals surface area contributed by atoms with Crippen LogP contribution in [0.3, 0.4) is 0 Å². The summed E-state index contributed by atoms with van der Waals surface area (Å²) in [6, 6.07) is 8.83. The Morgan fingerprint density at radius 2 is 1.95 bits per heavy atom. The monoisotopic (exact) mass is 272 g/mol. The van der Waals surface area contributed by atoms with Gasteiger partial charge in [0.1, 0.15) is 6.17 Å². The Kier molecular flexibility index (Phi) is 3.79. The minimum atomic E-state index is -0.0137. The van der Waals surface area contributed by atoms with Crippen LogP contribution in [0.5, 0.6) is 0 Å². The highest BCUT2D eigenvalue weighted by atomic mass is 16.2. The fourth-order valence-corrected chi connectivity index (χ4v) is 3.65. The third-order valence-corrected chi connectivity index (χ3v) is 4.80. The van der Waals surface area contributed by atoms with Crippen LogP contribution >= 0.6 is 0 Å². The maximum absolute atomic E-state index is 12.7. The molecule has 1 heterocycles. The molecule has 1 aromatic rings. The van der Waals surface area contributed by atoms with E-state index >= 15 is 0 Å². The van der Waals surface area contributed by atoms with Gasteiger partial charge in [-0.3, -0.25) is 10.1 Å². The molecule has 1 aromatic carbocycles. The Morgan fingerprint density at radius 1 is 1.25 bits per heavy atom. The van der Waals surface area contributed by atoms with Gasteiger partial charge >= 0.3 is 0 Å². The standard InChI is InChI=1S/C17H24N2O/c1-3-15-17(20)19(13-9-5-6-10-13)16(18-15)14-11-7-4-8-12(14)2/h4,7-8,11,13,15-16,18H,3,5-6,9-10H2,1-2H3. The fourth-order valence-electron chi connectivity index (χ4n) is 3.65. The van der Waals surface area contributed by atoms with E-state index in [0.29, 0.717) is 11.9 Å². The summed E-state index contributed by atoms with van der Waals surface area (Å²) in [5.74, 6) is 0.299. The van der Waals surface area contributed by atoms with E-state index in [-0.39, 0.29) is 12.2 Å². The van der Waals surface area contributed by atoms with Crippen molar-refractivity contribution >= 4 is 5.91 Å². The lowest BCUT2D eigenvalue weighted by atomic mass is 10.0. The molecule has 1 saturated carbocycles. The third-order valence-electron chi connectivity index (χ3n) is 4.80. The van der Waals surface area contributed by atoms with Crippen molar-refractivity contribution in [3.63, 3.8) is 0 Å². The summed E-state index contributed by atoms with van der Waals surface area (Å²) in [6.45, 7) is 4.22. The van der Waals surface area contributed by atoms with Crippen LogP contribution in [0.4, 0.5) is 0 Å². The highest BCUT2D eigenvalue weighted by molar-refractivity contribution is 5.85. The van der Waals surface area contributed by atoms with Crippen molar-refractivity contribution in [2.45, 2.75) is 64.2 Å². The van der Waals surface area contributed by atoms with Gasteiger partial charge in [-0.15, -0.1) is 0 Å². The number of rotatable bonds is 3. The predicted molar refractivity (Wildman–Crippen MR) is 80.2 cm³/mol. The fraction of sp³-hybridized carbons (Fsp3) is 0.588. The van der Waals surface area contributed by atoms with Crippen molar-refractivity contribution in [1.29, 1.82) is 0 Å². The second kappa shape index (κ2) is 5.57. The number of hydrogen-bond acceptors (Lipinski definition) is 2. The first-order valence-corrected chi connectivity index (χ1v) is 7.86. The molecule has 1 aliphatic heterocycles. The van der Waals surface area contributed by atoms with Gasteiger partial charge in [-0.2, -0.15) is 0 Å². The molecule has 1 amide bonds. The highest BCUT2D eigenvalue weighted by Crippen LogP contribution is 2.35. The van der Waals surface area contributed by atoms with E-state index in [1.54, 1.807) is 0 Å². The van der Waals surface area contributed by atoms with Crippen LogP contribution < -0.4 is 5.32 Å². The van der Waals surface area contributed by atoms with Gasteiger partial charge in [0.05, 0.1) is 6.04 Å². The Balaban J connectivity index is 1.94. The van der Waals surface area contributed by atoms with E-state index < -0.39 is 0 Å². The molecule has 0 radical (unpaired) electrons. The molecule has 2 unspecified atom stereocenters. The average Bonchev–Trinajstić information content (AvgIpc) is 3.06. The molecule has 2 aliphatic rings. The van der Waals surface area contributed by atoms with Crippen molar-refractivity contribution in [2.24, 2.45) is 0 Å². The first kappa shape index (κ1) is 13.6. The molecule has 3 nitrogen and oxygen atoms in total. The van der Waals surface area contributed by atoms with E-state index in [2.05, 4.69) is 48.3 Å². The second-order valence-electron chi connectivity index (χ2n) is 6.07. The lowest BCUT2D eigenvalue weighted by molar-refractivity contribution is -0.132. The van der Waals surface area contributed by atoms with Crippen LogP contribution in [0.25, 0.3) is 0 Å². The number of hydrogen-bond donors (Lipinski definition) is 1. The Bertz CT molecular complexity index is 494. The molecule has 1 N–H and O–H groups in total. The van der Waals surface area contributed by atoms with E-state index in [1.807, 2.05) is 0 Å². The minimum absolute atomic E-state index is 0.0137. The predicted octanol–water partition coefficient (Wildman–Crippen LogP) is 3.15. The van der Waals surface area contributed by atoms with Crippen LogP contribution in [0.1, 0.15) is 56.3 Å². The first-order valence-electron chi connectivity index (χ1n) is 7.86. The number of nitrogens with zero attached hydrogens (tertiary/aromatic N) is 1. The Morgan fingerprint density at radius 3 is 2.60 bits per heavy atom. The molecular formula is C17H24N2O. The molecular weight excluding hydrogens is 248 g/mol. The van der Waals surface area contributed by atoms with Crippen molar-refractivity contribution in [1.82, 2.24) is 10.2 Å². The van der Waals surface area contributed by atoms with E-state index in [4.69, 9.17) is 0 Å². The van der Waals surface area contributed by atoms with Crippen molar-refractivity contribution in [2.75, 3.05) is 0 Å².